The molecule has 1 N–H and O–H groups in total. The van der Waals surface area contributed by atoms with Crippen molar-refractivity contribution in [3.63, 3.8) is 0 Å². The van der Waals surface area contributed by atoms with Crippen LogP contribution in [0.15, 0.2) is 42.5 Å². The predicted octanol–water partition coefficient (Wildman–Crippen LogP) is 2.87. The highest BCUT2D eigenvalue weighted by molar-refractivity contribution is 6.11. The number of carboxylic acid groups (broad SMARTS) is 1. The zero-order chi connectivity index (χ0) is 12.4. The van der Waals surface area contributed by atoms with Crippen LogP contribution in [-0.4, -0.2) is 17.1 Å². The number of hydrogen-bond donors (Lipinski definition) is 1. The van der Waals surface area contributed by atoms with E-state index in [1.165, 1.54) is 6.92 Å². The fourth-order valence-corrected chi connectivity index (χ4v) is 1.74. The second kappa shape index (κ2) is 4.25. The van der Waals surface area contributed by atoms with Crippen LogP contribution in [0.1, 0.15) is 6.92 Å². The number of fused-ring (bicyclic) bond motifs is 1. The van der Waals surface area contributed by atoms with Crippen molar-refractivity contribution < 1.29 is 14.7 Å². The summed E-state index contributed by atoms with van der Waals surface area (Å²) in [6, 6.07) is 12.7. The van der Waals surface area contributed by atoms with Gasteiger partial charge in [-0.3, -0.25) is 4.79 Å². The van der Waals surface area contributed by atoms with E-state index in [0.717, 1.165) is 15.7 Å². The first-order valence-corrected chi connectivity index (χ1v) is 5.12. The fraction of sp³-hybridized carbons (Fsp3) is 0.0769. The predicted molar refractivity (Wildman–Crippen MR) is 65.1 cm³/mol. The summed E-state index contributed by atoms with van der Waals surface area (Å²) in [6.45, 7) is 1.23. The van der Waals surface area contributed by atoms with Gasteiger partial charge in [-0.25, -0.2) is 9.69 Å². The number of carbonyl (C=O) groups is 2. The molecule has 2 rings (SSSR count). The van der Waals surface area contributed by atoms with Crippen LogP contribution < -0.4 is 4.90 Å². The number of hydrogen-bond acceptors (Lipinski definition) is 2. The number of benzene rings is 2. The van der Waals surface area contributed by atoms with Crippen LogP contribution in [0.4, 0.5) is 10.5 Å². The SMILES string of the molecule is CC(=O)N(C(=O)O)c1ccc2ccccc2c1. The highest BCUT2D eigenvalue weighted by atomic mass is 16.4. The molecule has 0 spiro atoms. The highest BCUT2D eigenvalue weighted by Gasteiger charge is 2.18. The maximum atomic E-state index is 11.3. The van der Waals surface area contributed by atoms with Gasteiger partial charge in [0.05, 0.1) is 5.69 Å². The third-order valence-corrected chi connectivity index (χ3v) is 2.50. The van der Waals surface area contributed by atoms with Crippen LogP contribution in [0.25, 0.3) is 10.8 Å². The maximum Gasteiger partial charge on any atom is 0.418 e. The van der Waals surface area contributed by atoms with Crippen molar-refractivity contribution in [3.05, 3.63) is 42.5 Å². The molecule has 0 aromatic heterocycles. The average Bonchev–Trinajstić information content (AvgIpc) is 2.28. The first-order valence-electron chi connectivity index (χ1n) is 5.12. The Hall–Kier alpha value is -2.36. The Bertz CT molecular complexity index is 578. The molecule has 0 unspecified atom stereocenters. The van der Waals surface area contributed by atoms with Crippen molar-refractivity contribution in [2.75, 3.05) is 4.90 Å². The van der Waals surface area contributed by atoms with Gasteiger partial charge in [0, 0.05) is 6.92 Å². The molecule has 17 heavy (non-hydrogen) atoms. The Balaban J connectivity index is 2.55. The van der Waals surface area contributed by atoms with E-state index < -0.39 is 12.0 Å². The molecule has 0 heterocycles. The minimum Gasteiger partial charge on any atom is -0.464 e. The van der Waals surface area contributed by atoms with Gasteiger partial charge in [0.15, 0.2) is 0 Å². The lowest BCUT2D eigenvalue weighted by Crippen LogP contribution is -2.33. The van der Waals surface area contributed by atoms with Gasteiger partial charge in [-0.15, -0.1) is 0 Å². The first kappa shape index (κ1) is 11.1. The number of carbonyl (C=O) groups excluding carboxylic acids is 1. The summed E-state index contributed by atoms with van der Waals surface area (Å²) in [4.78, 5) is 23.0. The number of nitrogens with zero attached hydrogens (tertiary/aromatic N) is 1. The lowest BCUT2D eigenvalue weighted by Gasteiger charge is -2.15. The molecule has 0 aliphatic heterocycles. The minimum absolute atomic E-state index is 0.365. The van der Waals surface area contributed by atoms with E-state index >= 15 is 0 Å². The lowest BCUT2D eigenvalue weighted by molar-refractivity contribution is -0.116. The van der Waals surface area contributed by atoms with Crippen LogP contribution in [0.5, 0.6) is 0 Å². The van der Waals surface area contributed by atoms with Gasteiger partial charge in [-0.05, 0) is 22.9 Å². The van der Waals surface area contributed by atoms with E-state index in [-0.39, 0.29) is 0 Å². The second-order valence-corrected chi connectivity index (χ2v) is 3.67. The van der Waals surface area contributed by atoms with Crippen LogP contribution in [0, 0.1) is 0 Å². The molecule has 0 aliphatic carbocycles. The third-order valence-electron chi connectivity index (χ3n) is 2.50. The van der Waals surface area contributed by atoms with Crippen LogP contribution in [0.3, 0.4) is 0 Å². The zero-order valence-electron chi connectivity index (χ0n) is 9.25. The molecule has 0 fully saturated rings. The van der Waals surface area contributed by atoms with Gasteiger partial charge in [-0.2, -0.15) is 0 Å². The van der Waals surface area contributed by atoms with Gasteiger partial charge in [0.1, 0.15) is 0 Å². The van der Waals surface area contributed by atoms with Crippen molar-refractivity contribution in [3.8, 4) is 0 Å². The Morgan fingerprint density at radius 2 is 1.71 bits per heavy atom. The largest absolute Gasteiger partial charge is 0.464 e. The first-order chi connectivity index (χ1) is 8.09. The van der Waals surface area contributed by atoms with Crippen molar-refractivity contribution in [2.45, 2.75) is 6.92 Å². The molecule has 0 aliphatic rings. The van der Waals surface area contributed by atoms with Gasteiger partial charge in [0.25, 0.3) is 0 Å². The lowest BCUT2D eigenvalue weighted by atomic mass is 10.1. The Kier molecular flexibility index (Phi) is 2.78. The van der Waals surface area contributed by atoms with E-state index in [1.54, 1.807) is 18.2 Å². The van der Waals surface area contributed by atoms with E-state index in [0.29, 0.717) is 5.69 Å². The summed E-state index contributed by atoms with van der Waals surface area (Å²) in [7, 11) is 0. The van der Waals surface area contributed by atoms with E-state index in [1.807, 2.05) is 24.3 Å². The molecule has 2 aromatic carbocycles. The molecule has 0 saturated heterocycles. The highest BCUT2D eigenvalue weighted by Crippen LogP contribution is 2.22. The summed E-state index contributed by atoms with van der Waals surface area (Å²) < 4.78 is 0. The Morgan fingerprint density at radius 1 is 1.06 bits per heavy atom. The molecule has 4 heteroatoms. The van der Waals surface area contributed by atoms with E-state index in [4.69, 9.17) is 5.11 Å². The van der Waals surface area contributed by atoms with Gasteiger partial charge in [0.2, 0.25) is 5.91 Å². The molecule has 0 bridgehead atoms. The monoisotopic (exact) mass is 229 g/mol. The number of amides is 2. The Morgan fingerprint density at radius 3 is 2.29 bits per heavy atom. The Labute approximate surface area is 98.1 Å². The van der Waals surface area contributed by atoms with Gasteiger partial charge in [-0.1, -0.05) is 30.3 Å². The molecular formula is C13H11NO3. The summed E-state index contributed by atoms with van der Waals surface area (Å²) in [5.74, 6) is -0.521. The molecular weight excluding hydrogens is 218 g/mol. The number of imide groups is 1. The van der Waals surface area contributed by atoms with Crippen molar-refractivity contribution in [1.29, 1.82) is 0 Å². The average molecular weight is 229 g/mol. The zero-order valence-corrected chi connectivity index (χ0v) is 9.25. The standard InChI is InChI=1S/C13H11NO3/c1-9(15)14(13(16)17)12-7-6-10-4-2-3-5-11(10)8-12/h2-8H,1H3,(H,16,17). The van der Waals surface area contributed by atoms with Gasteiger partial charge < -0.3 is 5.11 Å². The van der Waals surface area contributed by atoms with Crippen molar-refractivity contribution in [1.82, 2.24) is 0 Å². The molecule has 0 radical (unpaired) electrons. The molecule has 4 nitrogen and oxygen atoms in total. The topological polar surface area (TPSA) is 57.6 Å². The maximum absolute atomic E-state index is 11.3. The second-order valence-electron chi connectivity index (χ2n) is 3.67. The van der Waals surface area contributed by atoms with Crippen molar-refractivity contribution >= 4 is 28.5 Å². The van der Waals surface area contributed by atoms with Crippen molar-refractivity contribution in [2.24, 2.45) is 0 Å². The summed E-state index contributed by atoms with van der Waals surface area (Å²) in [5.41, 5.74) is 0.365. The normalized spacial score (nSPS) is 10.2. The molecule has 2 aromatic rings. The van der Waals surface area contributed by atoms with E-state index in [9.17, 15) is 9.59 Å². The van der Waals surface area contributed by atoms with Crippen LogP contribution >= 0.6 is 0 Å². The molecule has 2 amide bonds. The summed E-state index contributed by atoms with van der Waals surface area (Å²) >= 11 is 0. The quantitative estimate of drug-likeness (QED) is 0.817. The van der Waals surface area contributed by atoms with Crippen LogP contribution in [-0.2, 0) is 4.79 Å². The minimum atomic E-state index is -1.27. The molecule has 0 saturated carbocycles. The summed E-state index contributed by atoms with van der Waals surface area (Å²) in [5, 5.41) is 10.9. The van der Waals surface area contributed by atoms with Gasteiger partial charge >= 0.3 is 6.09 Å². The smallest absolute Gasteiger partial charge is 0.418 e. The van der Waals surface area contributed by atoms with Crippen LogP contribution in [0.2, 0.25) is 0 Å². The summed E-state index contributed by atoms with van der Waals surface area (Å²) in [6.07, 6.45) is -1.27. The fourth-order valence-electron chi connectivity index (χ4n) is 1.74. The molecule has 0 atom stereocenters. The number of anilines is 1. The van der Waals surface area contributed by atoms with E-state index in [2.05, 4.69) is 0 Å². The number of rotatable bonds is 1. The molecule has 86 valence electrons. The third kappa shape index (κ3) is 2.10.